The van der Waals surface area contributed by atoms with E-state index in [0.717, 1.165) is 32.1 Å². The van der Waals surface area contributed by atoms with Gasteiger partial charge < -0.3 is 15.4 Å². The van der Waals surface area contributed by atoms with E-state index in [0.29, 0.717) is 24.6 Å². The van der Waals surface area contributed by atoms with Crippen molar-refractivity contribution in [2.24, 2.45) is 11.8 Å². The molecule has 2 fully saturated rings. The van der Waals surface area contributed by atoms with E-state index in [1.54, 1.807) is 0 Å². The van der Waals surface area contributed by atoms with Crippen LogP contribution in [0, 0.1) is 17.7 Å². The number of hydroxylamine groups is 1. The molecule has 8 nitrogen and oxygen atoms in total. The van der Waals surface area contributed by atoms with Crippen molar-refractivity contribution >= 4 is 23.7 Å². The van der Waals surface area contributed by atoms with Crippen LogP contribution in [0.3, 0.4) is 0 Å². The molecule has 1 saturated heterocycles. The van der Waals surface area contributed by atoms with Crippen molar-refractivity contribution in [3.63, 3.8) is 0 Å². The number of aromatic nitrogens is 1. The Morgan fingerprint density at radius 1 is 1.21 bits per heavy atom. The van der Waals surface area contributed by atoms with Crippen molar-refractivity contribution in [1.82, 2.24) is 15.8 Å². The summed E-state index contributed by atoms with van der Waals surface area (Å²) in [5, 5.41) is 5.97. The molecule has 1 aromatic heterocycles. The summed E-state index contributed by atoms with van der Waals surface area (Å²) in [5.41, 5.74) is 2.73. The van der Waals surface area contributed by atoms with Crippen LogP contribution in [0.2, 0.25) is 0 Å². The predicted molar refractivity (Wildman–Crippen MR) is 128 cm³/mol. The van der Waals surface area contributed by atoms with E-state index < -0.39 is 24.1 Å². The number of halogens is 1. The molecule has 2 amide bonds. The maximum Gasteiger partial charge on any atom is 0.267 e. The van der Waals surface area contributed by atoms with Crippen molar-refractivity contribution in [2.45, 2.75) is 77.5 Å². The molecule has 1 aromatic rings. The third-order valence-corrected chi connectivity index (χ3v) is 6.25. The van der Waals surface area contributed by atoms with E-state index in [1.165, 1.54) is 43.7 Å². The van der Waals surface area contributed by atoms with Gasteiger partial charge in [0.05, 0.1) is 0 Å². The molecular weight excluding hydrogens is 439 g/mol. The van der Waals surface area contributed by atoms with Gasteiger partial charge in [-0.25, -0.2) is 19.7 Å². The first-order chi connectivity index (χ1) is 16.4. The van der Waals surface area contributed by atoms with Gasteiger partial charge >= 0.3 is 0 Å². The highest BCUT2D eigenvalue weighted by Crippen LogP contribution is 2.23. The van der Waals surface area contributed by atoms with E-state index in [4.69, 9.17) is 9.57 Å². The molecule has 1 aliphatic heterocycles. The number of carbonyl (C=O) groups is 2. The van der Waals surface area contributed by atoms with Gasteiger partial charge in [0.1, 0.15) is 6.04 Å². The fourth-order valence-corrected chi connectivity index (χ4v) is 4.21. The SMILES string of the molecule is CC(C)[C@@H](Nc1ncc(/C=C/C(=O)NOC2CCCCO2)cc1F)C(=O)NCC1CCCCC1. The number of pyridine rings is 1. The lowest BCUT2D eigenvalue weighted by Gasteiger charge is -2.26. The topological polar surface area (TPSA) is 102 Å². The molecule has 34 heavy (non-hydrogen) atoms. The van der Waals surface area contributed by atoms with Crippen LogP contribution in [0.25, 0.3) is 6.08 Å². The van der Waals surface area contributed by atoms with Gasteiger partial charge in [0, 0.05) is 31.8 Å². The predicted octanol–water partition coefficient (Wildman–Crippen LogP) is 3.94. The molecule has 2 aliphatic rings. The number of amides is 2. The zero-order valence-corrected chi connectivity index (χ0v) is 20.1. The molecule has 188 valence electrons. The zero-order chi connectivity index (χ0) is 24.3. The Morgan fingerprint density at radius 2 is 1.97 bits per heavy atom. The number of carbonyl (C=O) groups excluding carboxylic acids is 2. The summed E-state index contributed by atoms with van der Waals surface area (Å²) >= 11 is 0. The maximum absolute atomic E-state index is 14.7. The quantitative estimate of drug-likeness (QED) is 0.349. The third kappa shape index (κ3) is 8.36. The molecule has 0 radical (unpaired) electrons. The van der Waals surface area contributed by atoms with Crippen LogP contribution >= 0.6 is 0 Å². The largest absolute Gasteiger partial charge is 0.356 e. The van der Waals surface area contributed by atoms with Gasteiger partial charge in [0.25, 0.3) is 5.91 Å². The maximum atomic E-state index is 14.7. The lowest BCUT2D eigenvalue weighted by Crippen LogP contribution is -2.45. The third-order valence-electron chi connectivity index (χ3n) is 6.25. The Hall–Kier alpha value is -2.52. The molecule has 2 atom stereocenters. The van der Waals surface area contributed by atoms with Gasteiger partial charge in [-0.2, -0.15) is 0 Å². The average Bonchev–Trinajstić information content (AvgIpc) is 2.85. The van der Waals surface area contributed by atoms with Gasteiger partial charge in [-0.3, -0.25) is 9.59 Å². The number of hydrogen-bond acceptors (Lipinski definition) is 6. The summed E-state index contributed by atoms with van der Waals surface area (Å²) in [7, 11) is 0. The van der Waals surface area contributed by atoms with Crippen molar-refractivity contribution < 1.29 is 23.6 Å². The minimum Gasteiger partial charge on any atom is -0.356 e. The van der Waals surface area contributed by atoms with Crippen LogP contribution < -0.4 is 16.1 Å². The number of anilines is 1. The molecule has 0 bridgehead atoms. The van der Waals surface area contributed by atoms with E-state index >= 15 is 0 Å². The zero-order valence-electron chi connectivity index (χ0n) is 20.1. The molecule has 1 saturated carbocycles. The minimum absolute atomic E-state index is 0.00546. The molecule has 0 spiro atoms. The van der Waals surface area contributed by atoms with Crippen LogP contribution in [0.4, 0.5) is 10.2 Å². The Labute approximate surface area is 201 Å². The number of nitrogens with zero attached hydrogens (tertiary/aromatic N) is 1. The lowest BCUT2D eigenvalue weighted by molar-refractivity contribution is -0.198. The second-order valence-electron chi connectivity index (χ2n) is 9.43. The van der Waals surface area contributed by atoms with Gasteiger partial charge in [0.2, 0.25) is 5.91 Å². The Morgan fingerprint density at radius 3 is 2.65 bits per heavy atom. The average molecular weight is 477 g/mol. The van der Waals surface area contributed by atoms with Gasteiger partial charge in [-0.1, -0.05) is 33.1 Å². The normalized spacial score (nSPS) is 20.3. The van der Waals surface area contributed by atoms with Gasteiger partial charge in [-0.05, 0) is 55.2 Å². The first-order valence-electron chi connectivity index (χ1n) is 12.4. The van der Waals surface area contributed by atoms with Crippen molar-refractivity contribution in [1.29, 1.82) is 0 Å². The van der Waals surface area contributed by atoms with Crippen LogP contribution in [0.5, 0.6) is 0 Å². The molecule has 9 heteroatoms. The Bertz CT molecular complexity index is 836. The number of nitrogens with one attached hydrogen (secondary N) is 3. The smallest absolute Gasteiger partial charge is 0.267 e. The highest BCUT2D eigenvalue weighted by Gasteiger charge is 2.25. The second-order valence-corrected chi connectivity index (χ2v) is 9.43. The fourth-order valence-electron chi connectivity index (χ4n) is 4.21. The minimum atomic E-state index is -0.600. The summed E-state index contributed by atoms with van der Waals surface area (Å²) in [5.74, 6) is -0.755. The molecule has 1 aliphatic carbocycles. The summed E-state index contributed by atoms with van der Waals surface area (Å²) < 4.78 is 20.1. The molecule has 3 rings (SSSR count). The number of ether oxygens (including phenoxy) is 1. The van der Waals surface area contributed by atoms with Gasteiger partial charge in [0.15, 0.2) is 17.9 Å². The standard InChI is InChI=1S/C25H37FN4O4/c1-17(2)23(25(32)28-15-18-8-4-3-5-9-18)29-24-20(26)14-19(16-27-24)11-12-21(31)30-34-22-10-6-7-13-33-22/h11-12,14,16-18,22-23H,3-10,13,15H2,1-2H3,(H,27,29)(H,28,32)(H,30,31)/b12-11+/t22?,23-/m1/s1. The van der Waals surface area contributed by atoms with Gasteiger partial charge in [-0.15, -0.1) is 0 Å². The molecule has 3 N–H and O–H groups in total. The van der Waals surface area contributed by atoms with Crippen molar-refractivity contribution in [3.8, 4) is 0 Å². The highest BCUT2D eigenvalue weighted by atomic mass is 19.1. The van der Waals surface area contributed by atoms with E-state index in [9.17, 15) is 14.0 Å². The van der Waals surface area contributed by atoms with Crippen molar-refractivity contribution in [3.05, 3.63) is 29.7 Å². The molecular formula is C25H37FN4O4. The fraction of sp³-hybridized carbons (Fsp3) is 0.640. The van der Waals surface area contributed by atoms with Crippen molar-refractivity contribution in [2.75, 3.05) is 18.5 Å². The monoisotopic (exact) mass is 476 g/mol. The van der Waals surface area contributed by atoms with E-state index in [-0.39, 0.29) is 17.6 Å². The first-order valence-corrected chi connectivity index (χ1v) is 12.4. The number of rotatable bonds is 10. The summed E-state index contributed by atoms with van der Waals surface area (Å²) in [6.45, 7) is 5.08. The van der Waals surface area contributed by atoms with E-state index in [2.05, 4.69) is 21.1 Å². The first kappa shape index (κ1) is 26.1. The van der Waals surface area contributed by atoms with Crippen LogP contribution in [-0.4, -0.2) is 42.3 Å². The Kier molecular flexibility index (Phi) is 10.3. The second kappa shape index (κ2) is 13.4. The van der Waals surface area contributed by atoms with Crippen LogP contribution in [-0.2, 0) is 19.2 Å². The Balaban J connectivity index is 1.51. The molecule has 0 aromatic carbocycles. The highest BCUT2D eigenvalue weighted by molar-refractivity contribution is 5.91. The lowest BCUT2D eigenvalue weighted by atomic mass is 9.89. The number of hydrogen-bond donors (Lipinski definition) is 3. The summed E-state index contributed by atoms with van der Waals surface area (Å²) in [6.07, 6.45) is 12.4. The summed E-state index contributed by atoms with van der Waals surface area (Å²) in [6, 6.07) is 0.665. The van der Waals surface area contributed by atoms with Crippen LogP contribution in [0.15, 0.2) is 18.3 Å². The molecule has 1 unspecified atom stereocenters. The summed E-state index contributed by atoms with van der Waals surface area (Å²) in [4.78, 5) is 34.0. The van der Waals surface area contributed by atoms with Crippen LogP contribution in [0.1, 0.15) is 70.8 Å². The molecule has 2 heterocycles. The van der Waals surface area contributed by atoms with E-state index in [1.807, 2.05) is 13.8 Å².